The molecular weight excluding hydrogens is 420 g/mol. The molecule has 1 N–H and O–H groups in total. The van der Waals surface area contributed by atoms with Crippen molar-refractivity contribution in [1.82, 2.24) is 24.1 Å². The Labute approximate surface area is 170 Å². The first-order valence-corrected chi connectivity index (χ1v) is 9.60. The molecule has 0 bridgehead atoms. The van der Waals surface area contributed by atoms with Crippen LogP contribution in [0.3, 0.4) is 0 Å². The minimum atomic E-state index is -0.0897. The van der Waals surface area contributed by atoms with Crippen LogP contribution in [0.25, 0.3) is 17.0 Å². The largest absolute Gasteiger partial charge is 0.366 e. The predicted octanol–water partition coefficient (Wildman–Crippen LogP) is 4.02. The minimum Gasteiger partial charge on any atom is -0.366 e. The molecule has 0 saturated heterocycles. The van der Waals surface area contributed by atoms with Gasteiger partial charge in [-0.25, -0.2) is 9.97 Å². The third-order valence-electron chi connectivity index (χ3n) is 4.53. The van der Waals surface area contributed by atoms with Crippen molar-refractivity contribution in [2.75, 3.05) is 5.32 Å². The summed E-state index contributed by atoms with van der Waals surface area (Å²) in [7, 11) is 1.97. The highest BCUT2D eigenvalue weighted by molar-refractivity contribution is 9.10. The van der Waals surface area contributed by atoms with Crippen molar-refractivity contribution in [1.29, 1.82) is 0 Å². The molecule has 0 unspecified atom stereocenters. The number of anilines is 1. The van der Waals surface area contributed by atoms with E-state index in [0.717, 1.165) is 27.1 Å². The second kappa shape index (κ2) is 7.20. The van der Waals surface area contributed by atoms with Crippen LogP contribution in [-0.4, -0.2) is 29.9 Å². The number of ketones is 1. The molecule has 0 amide bonds. The van der Waals surface area contributed by atoms with Gasteiger partial charge in [0.15, 0.2) is 11.4 Å². The molecule has 28 heavy (non-hydrogen) atoms. The Morgan fingerprint density at radius 1 is 1.29 bits per heavy atom. The van der Waals surface area contributed by atoms with E-state index in [-0.39, 0.29) is 5.78 Å². The van der Waals surface area contributed by atoms with E-state index in [2.05, 4.69) is 42.4 Å². The van der Waals surface area contributed by atoms with Crippen LogP contribution < -0.4 is 5.32 Å². The number of imidazole rings is 1. The average Bonchev–Trinajstić information content (AvgIpc) is 3.23. The number of hydrogen-bond acceptors (Lipinski definition) is 5. The Balaban J connectivity index is 1.67. The zero-order valence-electron chi connectivity index (χ0n) is 15.8. The zero-order chi connectivity index (χ0) is 19.8. The molecule has 7 nitrogen and oxygen atoms in total. The highest BCUT2D eigenvalue weighted by atomic mass is 79.9. The van der Waals surface area contributed by atoms with Crippen LogP contribution in [0, 0.1) is 6.92 Å². The highest BCUT2D eigenvalue weighted by Crippen LogP contribution is 2.25. The van der Waals surface area contributed by atoms with Crippen molar-refractivity contribution in [2.24, 2.45) is 7.05 Å². The molecule has 0 aliphatic rings. The number of carbonyl (C=O) groups is 1. The third kappa shape index (κ3) is 3.31. The van der Waals surface area contributed by atoms with Gasteiger partial charge >= 0.3 is 0 Å². The topological polar surface area (TPSA) is 77.1 Å². The fraction of sp³-hybridized carbons (Fsp3) is 0.200. The van der Waals surface area contributed by atoms with Crippen LogP contribution in [0.1, 0.15) is 28.7 Å². The monoisotopic (exact) mass is 438 g/mol. The molecule has 3 aromatic heterocycles. The molecule has 3 heterocycles. The lowest BCUT2D eigenvalue weighted by Gasteiger charge is -2.11. The van der Waals surface area contributed by atoms with E-state index in [1.54, 1.807) is 16.8 Å². The summed E-state index contributed by atoms with van der Waals surface area (Å²) in [5.41, 5.74) is 3.98. The summed E-state index contributed by atoms with van der Waals surface area (Å²) in [5.74, 6) is 1.54. The Kier molecular flexibility index (Phi) is 4.72. The van der Waals surface area contributed by atoms with Gasteiger partial charge in [-0.3, -0.25) is 4.79 Å². The lowest BCUT2D eigenvalue weighted by atomic mass is 10.1. The number of Topliss-reactive ketones (excluding diaryl/α,β-unsaturated/α-hetero) is 1. The molecule has 0 atom stereocenters. The zero-order valence-corrected chi connectivity index (χ0v) is 17.4. The van der Waals surface area contributed by atoms with Gasteiger partial charge in [0.1, 0.15) is 17.3 Å². The molecule has 0 aliphatic carbocycles. The lowest BCUT2D eigenvalue weighted by molar-refractivity contribution is 0.101. The summed E-state index contributed by atoms with van der Waals surface area (Å²) >= 11 is 3.51. The predicted molar refractivity (Wildman–Crippen MR) is 111 cm³/mol. The quantitative estimate of drug-likeness (QED) is 0.476. The second-order valence-electron chi connectivity index (χ2n) is 6.63. The number of nitrogens with one attached hydrogen (secondary N) is 1. The molecule has 8 heteroatoms. The van der Waals surface area contributed by atoms with Gasteiger partial charge in [-0.1, -0.05) is 18.2 Å². The standard InChI is InChI=1S/C20H19BrN6O/c1-12-18(21)20-24-16(13(2)28)10-17(27(20)25-12)23-11-14-5-4-6-15(9-14)19-22-7-8-26(19)3/h4-10,23H,11H2,1-3H3. The minimum absolute atomic E-state index is 0.0897. The summed E-state index contributed by atoms with van der Waals surface area (Å²) in [6, 6.07) is 9.94. The third-order valence-corrected chi connectivity index (χ3v) is 5.46. The molecule has 0 radical (unpaired) electrons. The normalized spacial score (nSPS) is 11.1. The van der Waals surface area contributed by atoms with E-state index >= 15 is 0 Å². The number of halogens is 1. The number of hydrogen-bond donors (Lipinski definition) is 1. The molecule has 0 spiro atoms. The number of nitrogens with zero attached hydrogens (tertiary/aromatic N) is 5. The summed E-state index contributed by atoms with van der Waals surface area (Å²) in [6.45, 7) is 3.98. The van der Waals surface area contributed by atoms with Crippen molar-refractivity contribution in [3.63, 3.8) is 0 Å². The van der Waals surface area contributed by atoms with E-state index in [0.29, 0.717) is 23.7 Å². The van der Waals surface area contributed by atoms with Gasteiger partial charge in [-0.15, -0.1) is 0 Å². The fourth-order valence-corrected chi connectivity index (χ4v) is 3.40. The lowest BCUT2D eigenvalue weighted by Crippen LogP contribution is -2.09. The van der Waals surface area contributed by atoms with Gasteiger partial charge in [-0.05, 0) is 34.5 Å². The molecule has 0 aliphatic heterocycles. The first-order valence-electron chi connectivity index (χ1n) is 8.81. The summed E-state index contributed by atoms with van der Waals surface area (Å²) in [5, 5.41) is 7.90. The van der Waals surface area contributed by atoms with Crippen LogP contribution in [0.15, 0.2) is 47.2 Å². The Hall–Kier alpha value is -3.00. The van der Waals surface area contributed by atoms with Crippen molar-refractivity contribution in [3.8, 4) is 11.4 Å². The maximum absolute atomic E-state index is 11.9. The summed E-state index contributed by atoms with van der Waals surface area (Å²) in [6.07, 6.45) is 3.71. The van der Waals surface area contributed by atoms with Crippen LogP contribution in [-0.2, 0) is 13.6 Å². The maximum atomic E-state index is 11.9. The van der Waals surface area contributed by atoms with Crippen LogP contribution in [0.4, 0.5) is 5.82 Å². The van der Waals surface area contributed by atoms with Crippen LogP contribution in [0.2, 0.25) is 0 Å². The molecule has 1 aromatic carbocycles. The van der Waals surface area contributed by atoms with Crippen molar-refractivity contribution in [2.45, 2.75) is 20.4 Å². The number of aryl methyl sites for hydroxylation is 2. The summed E-state index contributed by atoms with van der Waals surface area (Å²) < 4.78 is 4.49. The van der Waals surface area contributed by atoms with Crippen molar-refractivity contribution >= 4 is 33.2 Å². The number of benzene rings is 1. The van der Waals surface area contributed by atoms with Gasteiger partial charge in [0.2, 0.25) is 0 Å². The van der Waals surface area contributed by atoms with Gasteiger partial charge in [-0.2, -0.15) is 9.61 Å². The maximum Gasteiger partial charge on any atom is 0.178 e. The van der Waals surface area contributed by atoms with Gasteiger partial charge in [0.25, 0.3) is 0 Å². The SMILES string of the molecule is CC(=O)c1cc(NCc2cccc(-c3nccn3C)c2)n2nc(C)c(Br)c2n1. The smallest absolute Gasteiger partial charge is 0.178 e. The first kappa shape index (κ1) is 18.4. The van der Waals surface area contributed by atoms with E-state index < -0.39 is 0 Å². The number of carbonyl (C=O) groups excluding carboxylic acids is 1. The van der Waals surface area contributed by atoms with Crippen molar-refractivity contribution < 1.29 is 4.79 Å². The number of rotatable bonds is 5. The summed E-state index contributed by atoms with van der Waals surface area (Å²) in [4.78, 5) is 20.7. The van der Waals surface area contributed by atoms with E-state index in [4.69, 9.17) is 0 Å². The van der Waals surface area contributed by atoms with Crippen molar-refractivity contribution in [3.05, 3.63) is 64.1 Å². The van der Waals surface area contributed by atoms with Gasteiger partial charge in [0.05, 0.1) is 10.2 Å². The highest BCUT2D eigenvalue weighted by Gasteiger charge is 2.15. The first-order chi connectivity index (χ1) is 13.4. The van der Waals surface area contributed by atoms with E-state index in [1.165, 1.54) is 6.92 Å². The molecule has 142 valence electrons. The Morgan fingerprint density at radius 3 is 2.82 bits per heavy atom. The van der Waals surface area contributed by atoms with Crippen LogP contribution >= 0.6 is 15.9 Å². The second-order valence-corrected chi connectivity index (χ2v) is 7.43. The number of aromatic nitrogens is 5. The van der Waals surface area contributed by atoms with E-state index in [1.807, 2.05) is 42.9 Å². The van der Waals surface area contributed by atoms with E-state index in [9.17, 15) is 4.79 Å². The van der Waals surface area contributed by atoms with Gasteiger partial charge < -0.3 is 9.88 Å². The van der Waals surface area contributed by atoms with Crippen LogP contribution in [0.5, 0.6) is 0 Å². The molecule has 0 saturated carbocycles. The molecular formula is C20H19BrN6O. The molecule has 4 rings (SSSR count). The molecule has 4 aromatic rings. The molecule has 0 fully saturated rings. The number of fused-ring (bicyclic) bond motifs is 1. The fourth-order valence-electron chi connectivity index (χ4n) is 3.06. The Morgan fingerprint density at radius 2 is 2.11 bits per heavy atom. The average molecular weight is 439 g/mol. The Bertz CT molecular complexity index is 1190. The van der Waals surface area contributed by atoms with Gasteiger partial charge in [0, 0.05) is 44.5 Å².